The fraction of sp³-hybridized carbons (Fsp3) is 0.294. The van der Waals surface area contributed by atoms with Crippen LogP contribution in [0.15, 0.2) is 43.1 Å². The van der Waals surface area contributed by atoms with Crippen LogP contribution in [0.5, 0.6) is 0 Å². The first-order valence-electron chi connectivity index (χ1n) is 8.45. The predicted molar refractivity (Wildman–Crippen MR) is 100 cm³/mol. The van der Waals surface area contributed by atoms with Crippen molar-refractivity contribution in [2.75, 3.05) is 28.6 Å². The van der Waals surface area contributed by atoms with Crippen molar-refractivity contribution < 1.29 is 0 Å². The molecule has 0 aliphatic carbocycles. The second-order valence-electron chi connectivity index (χ2n) is 5.39. The summed E-state index contributed by atoms with van der Waals surface area (Å²) in [5.41, 5.74) is 1.04. The first kappa shape index (κ1) is 17.5. The molecule has 134 valence electrons. The Kier molecular flexibility index (Phi) is 5.81. The van der Waals surface area contributed by atoms with E-state index in [-0.39, 0.29) is 0 Å². The normalized spacial score (nSPS) is 10.4. The zero-order chi connectivity index (χ0) is 18.2. The second-order valence-corrected chi connectivity index (χ2v) is 5.39. The number of hydrogen-bond donors (Lipinski definition) is 2. The van der Waals surface area contributed by atoms with Crippen LogP contribution in [-0.4, -0.2) is 43.0 Å². The highest BCUT2D eigenvalue weighted by Crippen LogP contribution is 2.16. The minimum atomic E-state index is 0.413. The molecule has 0 atom stereocenters. The van der Waals surface area contributed by atoms with Gasteiger partial charge in [0.25, 0.3) is 0 Å². The van der Waals surface area contributed by atoms with Gasteiger partial charge in [0.15, 0.2) is 5.82 Å². The first-order chi connectivity index (χ1) is 12.8. The molecule has 2 N–H and O–H groups in total. The van der Waals surface area contributed by atoms with Crippen molar-refractivity contribution in [3.8, 4) is 0 Å². The van der Waals surface area contributed by atoms with Crippen LogP contribution >= 0.6 is 0 Å². The van der Waals surface area contributed by atoms with Crippen molar-refractivity contribution in [1.29, 1.82) is 0 Å². The van der Waals surface area contributed by atoms with Crippen LogP contribution < -0.4 is 15.5 Å². The number of anilines is 4. The smallest absolute Gasteiger partial charge is 0.235 e. The van der Waals surface area contributed by atoms with Crippen LogP contribution in [0.1, 0.15) is 19.4 Å². The van der Waals surface area contributed by atoms with Gasteiger partial charge in [-0.3, -0.25) is 9.97 Å². The molecule has 3 aromatic rings. The third kappa shape index (κ3) is 4.59. The van der Waals surface area contributed by atoms with Gasteiger partial charge < -0.3 is 15.5 Å². The van der Waals surface area contributed by atoms with Crippen LogP contribution in [0.25, 0.3) is 0 Å². The number of pyridine rings is 1. The van der Waals surface area contributed by atoms with E-state index in [1.54, 1.807) is 31.0 Å². The molecule has 3 heterocycles. The fourth-order valence-electron chi connectivity index (χ4n) is 2.31. The lowest BCUT2D eigenvalue weighted by Crippen LogP contribution is -2.25. The van der Waals surface area contributed by atoms with Gasteiger partial charge in [-0.1, -0.05) is 6.07 Å². The molecule has 0 bridgehead atoms. The van der Waals surface area contributed by atoms with E-state index in [2.05, 4.69) is 59.3 Å². The average molecular weight is 351 g/mol. The Balaban J connectivity index is 1.84. The molecule has 0 saturated heterocycles. The molecule has 0 aliphatic heterocycles. The van der Waals surface area contributed by atoms with Crippen LogP contribution in [0, 0.1) is 0 Å². The Hall–Kier alpha value is -3.36. The van der Waals surface area contributed by atoms with Crippen LogP contribution in [-0.2, 0) is 6.54 Å². The predicted octanol–water partition coefficient (Wildman–Crippen LogP) is 2.26. The summed E-state index contributed by atoms with van der Waals surface area (Å²) in [4.78, 5) is 27.9. The zero-order valence-electron chi connectivity index (χ0n) is 14.8. The van der Waals surface area contributed by atoms with Crippen molar-refractivity contribution >= 4 is 23.7 Å². The van der Waals surface area contributed by atoms with E-state index in [1.165, 1.54) is 0 Å². The van der Waals surface area contributed by atoms with Gasteiger partial charge in [-0.2, -0.15) is 15.0 Å². The lowest BCUT2D eigenvalue weighted by atomic mass is 10.3. The number of nitrogens with one attached hydrogen (secondary N) is 2. The van der Waals surface area contributed by atoms with Crippen molar-refractivity contribution in [3.63, 3.8) is 0 Å². The summed E-state index contributed by atoms with van der Waals surface area (Å²) in [6.45, 7) is 6.29. The maximum Gasteiger partial charge on any atom is 0.235 e. The molecule has 0 spiro atoms. The van der Waals surface area contributed by atoms with E-state index in [1.807, 2.05) is 12.1 Å². The second kappa shape index (κ2) is 8.65. The average Bonchev–Trinajstić information content (AvgIpc) is 2.69. The van der Waals surface area contributed by atoms with Gasteiger partial charge in [0, 0.05) is 44.4 Å². The minimum absolute atomic E-state index is 0.413. The standard InChI is InChI=1S/C17H21N9/c1-3-26(4-2)17-24-15(21-11-13-6-5-7-18-10-13)23-16(25-17)22-14-12-19-8-9-20-14/h5-10,12H,3-4,11H2,1-2H3,(H2,20,21,22,23,24,25). The van der Waals surface area contributed by atoms with Gasteiger partial charge in [0.1, 0.15) is 0 Å². The third-order valence-electron chi connectivity index (χ3n) is 3.65. The summed E-state index contributed by atoms with van der Waals surface area (Å²) >= 11 is 0. The molecule has 0 unspecified atom stereocenters. The highest BCUT2D eigenvalue weighted by Gasteiger charge is 2.12. The minimum Gasteiger partial charge on any atom is -0.350 e. The largest absolute Gasteiger partial charge is 0.350 e. The summed E-state index contributed by atoms with van der Waals surface area (Å²) in [5.74, 6) is 2.07. The van der Waals surface area contributed by atoms with Gasteiger partial charge in [-0.15, -0.1) is 0 Å². The summed E-state index contributed by atoms with van der Waals surface area (Å²) < 4.78 is 0. The SMILES string of the molecule is CCN(CC)c1nc(NCc2cccnc2)nc(Nc2cnccn2)n1. The molecule has 0 aliphatic rings. The molecule has 0 saturated carbocycles. The molecule has 0 fully saturated rings. The van der Waals surface area contributed by atoms with Crippen LogP contribution in [0.2, 0.25) is 0 Å². The maximum absolute atomic E-state index is 4.53. The number of rotatable bonds is 8. The van der Waals surface area contributed by atoms with Gasteiger partial charge in [-0.05, 0) is 25.5 Å². The first-order valence-corrected chi connectivity index (χ1v) is 8.45. The van der Waals surface area contributed by atoms with Crippen LogP contribution in [0.3, 0.4) is 0 Å². The van der Waals surface area contributed by atoms with Crippen molar-refractivity contribution in [2.24, 2.45) is 0 Å². The molecule has 3 aromatic heterocycles. The van der Waals surface area contributed by atoms with Crippen LogP contribution in [0.4, 0.5) is 23.7 Å². The quantitative estimate of drug-likeness (QED) is 0.632. The topological polar surface area (TPSA) is 105 Å². The Bertz CT molecular complexity index is 807. The fourth-order valence-corrected chi connectivity index (χ4v) is 2.31. The summed E-state index contributed by atoms with van der Waals surface area (Å²) in [7, 11) is 0. The highest BCUT2D eigenvalue weighted by atomic mass is 15.3. The van der Waals surface area contributed by atoms with Gasteiger partial charge >= 0.3 is 0 Å². The third-order valence-corrected chi connectivity index (χ3v) is 3.65. The number of aromatic nitrogens is 6. The molecule has 0 radical (unpaired) electrons. The van der Waals surface area contributed by atoms with Crippen molar-refractivity contribution in [1.82, 2.24) is 29.9 Å². The molecule has 9 nitrogen and oxygen atoms in total. The van der Waals surface area contributed by atoms with E-state index >= 15 is 0 Å². The summed E-state index contributed by atoms with van der Waals surface area (Å²) in [6.07, 6.45) is 8.38. The van der Waals surface area contributed by atoms with E-state index in [4.69, 9.17) is 0 Å². The zero-order valence-corrected chi connectivity index (χ0v) is 14.8. The summed E-state index contributed by atoms with van der Waals surface area (Å²) in [5, 5.41) is 6.30. The van der Waals surface area contributed by atoms with Gasteiger partial charge in [0.05, 0.1) is 6.20 Å². The monoisotopic (exact) mass is 351 g/mol. The molecule has 0 amide bonds. The lowest BCUT2D eigenvalue weighted by Gasteiger charge is -2.19. The molecular weight excluding hydrogens is 330 g/mol. The van der Waals surface area contributed by atoms with E-state index in [9.17, 15) is 0 Å². The van der Waals surface area contributed by atoms with Gasteiger partial charge in [-0.25, -0.2) is 4.98 Å². The highest BCUT2D eigenvalue weighted by molar-refractivity contribution is 5.51. The Morgan fingerprint density at radius 3 is 2.42 bits per heavy atom. The number of hydrogen-bond acceptors (Lipinski definition) is 9. The number of nitrogens with zero attached hydrogens (tertiary/aromatic N) is 7. The molecule has 9 heteroatoms. The maximum atomic E-state index is 4.53. The Morgan fingerprint density at radius 2 is 1.73 bits per heavy atom. The molecule has 0 aromatic carbocycles. The molecular formula is C17H21N9. The van der Waals surface area contributed by atoms with E-state index < -0.39 is 0 Å². The van der Waals surface area contributed by atoms with E-state index in [0.29, 0.717) is 30.2 Å². The molecule has 3 rings (SSSR count). The molecule has 26 heavy (non-hydrogen) atoms. The Labute approximate surface area is 152 Å². The lowest BCUT2D eigenvalue weighted by molar-refractivity contribution is 0.813. The van der Waals surface area contributed by atoms with Crippen molar-refractivity contribution in [3.05, 3.63) is 48.7 Å². The van der Waals surface area contributed by atoms with Crippen molar-refractivity contribution in [2.45, 2.75) is 20.4 Å². The summed E-state index contributed by atoms with van der Waals surface area (Å²) in [6, 6.07) is 3.89. The van der Waals surface area contributed by atoms with E-state index in [0.717, 1.165) is 18.7 Å². The Morgan fingerprint density at radius 1 is 0.923 bits per heavy atom. The van der Waals surface area contributed by atoms with Gasteiger partial charge in [0.2, 0.25) is 17.8 Å².